The van der Waals surface area contributed by atoms with Crippen LogP contribution in [0.4, 0.5) is 0 Å². The molecule has 0 radical (unpaired) electrons. The molecule has 0 rings (SSSR count). The number of unbranched alkanes of at least 4 members (excludes halogenated alkanes) is 7. The van der Waals surface area contributed by atoms with Crippen LogP contribution in [-0.4, -0.2) is 23.0 Å². The largest absolute Gasteiger partial charge is 1.00 e. The van der Waals surface area contributed by atoms with Gasteiger partial charge in [0.05, 0.1) is 0 Å². The summed E-state index contributed by atoms with van der Waals surface area (Å²) in [5.41, 5.74) is 0. The molecule has 0 amide bonds. The van der Waals surface area contributed by atoms with E-state index in [1.165, 1.54) is 57.8 Å². The number of rotatable bonds is 10. The molecule has 2 heteroatoms. The molecule has 0 spiro atoms. The van der Waals surface area contributed by atoms with Crippen molar-refractivity contribution in [3.8, 4) is 0 Å². The van der Waals surface area contributed by atoms with Crippen molar-refractivity contribution >= 4 is 23.0 Å². The second kappa shape index (κ2) is 12.2. The fraction of sp³-hybridized carbons (Fsp3) is 1.00. The molecule has 0 aliphatic rings. The van der Waals surface area contributed by atoms with Crippen LogP contribution in [0.2, 0.25) is 3.36 Å². The Hall–Kier alpha value is 1.11. The van der Waals surface area contributed by atoms with Gasteiger partial charge in [0.15, 0.2) is 0 Å². The molecule has 0 aromatic heterocycles. The summed E-state index contributed by atoms with van der Waals surface area (Å²) in [7, 11) is 0. The number of halogens is 1. The molecule has 0 saturated carbocycles. The fourth-order valence-electron chi connectivity index (χ4n) is 1.98. The summed E-state index contributed by atoms with van der Waals surface area (Å²) >= 11 is 1.10. The van der Waals surface area contributed by atoms with E-state index in [1.807, 2.05) is 0 Å². The second-order valence-electron chi connectivity index (χ2n) is 6.15. The SMILES string of the molecule is CCCCCCCCCCC(C)[C](C)(C)[SbH3+].[Cl-]. The molecule has 0 saturated heterocycles. The van der Waals surface area contributed by atoms with Gasteiger partial charge in [-0.2, -0.15) is 0 Å². The van der Waals surface area contributed by atoms with E-state index in [4.69, 9.17) is 0 Å². The second-order valence-corrected chi connectivity index (χ2v) is 11.4. The third-order valence-corrected chi connectivity index (χ3v) is 5.81. The van der Waals surface area contributed by atoms with Crippen LogP contribution in [0, 0.1) is 5.92 Å². The molecule has 0 aliphatic carbocycles. The van der Waals surface area contributed by atoms with Crippen LogP contribution in [0.15, 0.2) is 0 Å². The standard InChI is InChI=1S/C15H31.ClH.Sb.3H/c1-5-6-7-8-9-10-11-12-13-15(4)14(2)3;;;;;/h15H,5-13H2,1-4H3;1H;;;;/q;;+1;;;/p-1. The average Bonchev–Trinajstić information content (AvgIpc) is 2.20. The Morgan fingerprint density at radius 1 is 0.882 bits per heavy atom. The molecule has 0 nitrogen and oxygen atoms in total. The van der Waals surface area contributed by atoms with Crippen molar-refractivity contribution in [3.05, 3.63) is 0 Å². The van der Waals surface area contributed by atoms with E-state index in [1.54, 1.807) is 0 Å². The van der Waals surface area contributed by atoms with Crippen LogP contribution in [-0.2, 0) is 0 Å². The van der Waals surface area contributed by atoms with Gasteiger partial charge in [0.2, 0.25) is 0 Å². The van der Waals surface area contributed by atoms with Crippen LogP contribution in [0.25, 0.3) is 0 Å². The molecule has 1 atom stereocenters. The molecule has 0 fully saturated rings. The fourth-order valence-corrected chi connectivity index (χ4v) is 2.56. The van der Waals surface area contributed by atoms with Gasteiger partial charge in [0.1, 0.15) is 0 Å². The van der Waals surface area contributed by atoms with Crippen molar-refractivity contribution in [1.29, 1.82) is 0 Å². The normalized spacial score (nSPS) is 13.4. The van der Waals surface area contributed by atoms with E-state index in [2.05, 4.69) is 27.7 Å². The molecule has 0 aliphatic heterocycles. The van der Waals surface area contributed by atoms with E-state index < -0.39 is 0 Å². The summed E-state index contributed by atoms with van der Waals surface area (Å²) in [4.78, 5) is 0. The maximum absolute atomic E-state index is 2.45. The van der Waals surface area contributed by atoms with Crippen molar-refractivity contribution < 1.29 is 12.4 Å². The predicted molar refractivity (Wildman–Crippen MR) is 80.4 cm³/mol. The minimum Gasteiger partial charge on any atom is -1.00 e. The maximum atomic E-state index is 2.45. The smallest absolute Gasteiger partial charge is 1.00 e. The first kappa shape index (κ1) is 20.4. The van der Waals surface area contributed by atoms with Crippen molar-refractivity contribution in [1.82, 2.24) is 0 Å². The summed E-state index contributed by atoms with van der Waals surface area (Å²) in [5, 5.41) is 0. The van der Waals surface area contributed by atoms with E-state index in [0.717, 1.165) is 28.9 Å². The van der Waals surface area contributed by atoms with Gasteiger partial charge < -0.3 is 12.4 Å². The Morgan fingerprint density at radius 2 is 1.29 bits per heavy atom. The Balaban J connectivity index is 0. The van der Waals surface area contributed by atoms with Crippen molar-refractivity contribution in [3.63, 3.8) is 0 Å². The van der Waals surface area contributed by atoms with Crippen molar-refractivity contribution in [2.24, 2.45) is 5.92 Å². The molecular weight excluding hydrogens is 337 g/mol. The molecular formula is C15H34ClSb. The molecule has 0 bridgehead atoms. The van der Waals surface area contributed by atoms with E-state index in [9.17, 15) is 0 Å². The molecule has 0 heterocycles. The first-order valence-electron chi connectivity index (χ1n) is 7.33. The molecule has 106 valence electrons. The zero-order valence-electron chi connectivity index (χ0n) is 12.5. The van der Waals surface area contributed by atoms with Crippen LogP contribution >= 0.6 is 0 Å². The van der Waals surface area contributed by atoms with Crippen LogP contribution in [0.1, 0.15) is 85.5 Å². The first-order valence-corrected chi connectivity index (χ1v) is 9.35. The van der Waals surface area contributed by atoms with Gasteiger partial charge in [-0.25, -0.2) is 0 Å². The quantitative estimate of drug-likeness (QED) is 0.405. The van der Waals surface area contributed by atoms with Crippen molar-refractivity contribution in [2.75, 3.05) is 0 Å². The minimum atomic E-state index is 0. The summed E-state index contributed by atoms with van der Waals surface area (Å²) in [5.74, 6) is 0.944. The minimum absolute atomic E-state index is 0. The summed E-state index contributed by atoms with van der Waals surface area (Å²) in [6, 6.07) is 0. The van der Waals surface area contributed by atoms with Crippen LogP contribution < -0.4 is 12.4 Å². The van der Waals surface area contributed by atoms with E-state index >= 15 is 0 Å². The summed E-state index contributed by atoms with van der Waals surface area (Å²) in [6.07, 6.45) is 13.1. The van der Waals surface area contributed by atoms with Crippen molar-refractivity contribution in [2.45, 2.75) is 88.8 Å². The van der Waals surface area contributed by atoms with Gasteiger partial charge in [-0.3, -0.25) is 0 Å². The first-order chi connectivity index (χ1) is 7.48. The summed E-state index contributed by atoms with van der Waals surface area (Å²) < 4.78 is 0.671. The van der Waals surface area contributed by atoms with Crippen LogP contribution in [0.5, 0.6) is 0 Å². The van der Waals surface area contributed by atoms with Gasteiger partial charge in [0.25, 0.3) is 0 Å². The average molecular weight is 372 g/mol. The van der Waals surface area contributed by atoms with Gasteiger partial charge in [-0.15, -0.1) is 0 Å². The Kier molecular flexibility index (Phi) is 14.6. The topological polar surface area (TPSA) is 0 Å². The molecule has 0 aromatic rings. The predicted octanol–water partition coefficient (Wildman–Crippen LogP) is 1.72. The zero-order valence-corrected chi connectivity index (χ0v) is 17.3. The molecule has 0 N–H and O–H groups in total. The van der Waals surface area contributed by atoms with Gasteiger partial charge in [-0.05, 0) is 0 Å². The van der Waals surface area contributed by atoms with Gasteiger partial charge >= 0.3 is 118 Å². The van der Waals surface area contributed by atoms with Crippen LogP contribution in [0.3, 0.4) is 0 Å². The molecule has 0 aromatic carbocycles. The Labute approximate surface area is 130 Å². The van der Waals surface area contributed by atoms with E-state index in [-0.39, 0.29) is 12.4 Å². The van der Waals surface area contributed by atoms with Gasteiger partial charge in [0, 0.05) is 0 Å². The molecule has 1 unspecified atom stereocenters. The zero-order chi connectivity index (χ0) is 12.4. The van der Waals surface area contributed by atoms with Gasteiger partial charge in [-0.1, -0.05) is 0 Å². The third kappa shape index (κ3) is 13.3. The maximum Gasteiger partial charge on any atom is -1.00 e. The Bertz CT molecular complexity index is 151. The third-order valence-electron chi connectivity index (χ3n) is 3.82. The number of hydrogen-bond acceptors (Lipinski definition) is 0. The number of hydrogen-bond donors (Lipinski definition) is 0. The van der Waals surface area contributed by atoms with E-state index in [0.29, 0.717) is 3.36 Å². The monoisotopic (exact) mass is 370 g/mol. The summed E-state index contributed by atoms with van der Waals surface area (Å²) in [6.45, 7) is 9.61. The molecule has 17 heavy (non-hydrogen) atoms. The Morgan fingerprint density at radius 3 is 1.71 bits per heavy atom.